The van der Waals surface area contributed by atoms with Crippen molar-refractivity contribution in [2.45, 2.75) is 26.6 Å². The predicted octanol–water partition coefficient (Wildman–Crippen LogP) is 6.00. The van der Waals surface area contributed by atoms with Gasteiger partial charge in [-0.05, 0) is 79.5 Å². The van der Waals surface area contributed by atoms with E-state index in [1.165, 1.54) is 47.0 Å². The lowest BCUT2D eigenvalue weighted by molar-refractivity contribution is -0.274. The predicted molar refractivity (Wildman–Crippen MR) is 161 cm³/mol. The van der Waals surface area contributed by atoms with Crippen LogP contribution in [-0.2, 0) is 11.2 Å². The molecule has 1 saturated heterocycles. The Balaban J connectivity index is 1.20. The van der Waals surface area contributed by atoms with E-state index in [4.69, 9.17) is 12.2 Å². The maximum absolute atomic E-state index is 12.7. The smallest absolute Gasteiger partial charge is 0.406 e. The van der Waals surface area contributed by atoms with Crippen LogP contribution < -0.4 is 15.0 Å². The van der Waals surface area contributed by atoms with E-state index in [1.54, 1.807) is 4.90 Å². The number of ether oxygens (including phenoxy) is 1. The lowest BCUT2D eigenvalue weighted by atomic mass is 10.1. The van der Waals surface area contributed by atoms with Crippen molar-refractivity contribution in [1.82, 2.24) is 20.1 Å². The molecule has 0 spiro atoms. The van der Waals surface area contributed by atoms with Crippen LogP contribution in [-0.4, -0.2) is 49.6 Å². The molecule has 2 heterocycles. The highest BCUT2D eigenvalue weighted by molar-refractivity contribution is 8.15. The molecule has 13 heteroatoms. The van der Waals surface area contributed by atoms with Crippen LogP contribution in [0, 0.1) is 13.8 Å². The first-order valence-electron chi connectivity index (χ1n) is 12.8. The third kappa shape index (κ3) is 6.97. The quantitative estimate of drug-likeness (QED) is 0.257. The number of rotatable bonds is 7. The number of amidine groups is 1. The van der Waals surface area contributed by atoms with Gasteiger partial charge in [0.05, 0.1) is 17.1 Å². The number of alkyl halides is 3. The zero-order chi connectivity index (χ0) is 29.9. The first-order chi connectivity index (χ1) is 20.1. The molecule has 1 aliphatic heterocycles. The van der Waals surface area contributed by atoms with E-state index in [9.17, 15) is 18.0 Å². The van der Waals surface area contributed by atoms with Gasteiger partial charge in [-0.15, -0.1) is 18.3 Å². The summed E-state index contributed by atoms with van der Waals surface area (Å²) < 4.78 is 42.6. The highest BCUT2D eigenvalue weighted by Gasteiger charge is 2.32. The number of benzene rings is 3. The van der Waals surface area contributed by atoms with Crippen LogP contribution in [0.3, 0.4) is 0 Å². The van der Waals surface area contributed by atoms with Crippen LogP contribution >= 0.6 is 24.0 Å². The van der Waals surface area contributed by atoms with E-state index >= 15 is 0 Å². The van der Waals surface area contributed by atoms with Gasteiger partial charge < -0.3 is 10.1 Å². The van der Waals surface area contributed by atoms with Crippen LogP contribution in [0.4, 0.5) is 18.9 Å². The number of nitrogens with zero attached hydrogens (tertiary/aromatic N) is 5. The molecule has 216 valence electrons. The third-order valence-electron chi connectivity index (χ3n) is 6.33. The number of nitrogens with one attached hydrogen (secondary N) is 1. The van der Waals surface area contributed by atoms with Crippen molar-refractivity contribution in [2.75, 3.05) is 17.2 Å². The number of carbonyl (C=O) groups is 1. The average molecular weight is 611 g/mol. The molecular formula is C29H25F3N6O2S2. The summed E-state index contributed by atoms with van der Waals surface area (Å²) in [5, 5.41) is 8.47. The summed E-state index contributed by atoms with van der Waals surface area (Å²) in [4.78, 5) is 23.2. The summed E-state index contributed by atoms with van der Waals surface area (Å²) in [5.41, 5.74) is 5.17. The number of aliphatic imine (C=N–C) groups is 1. The maximum Gasteiger partial charge on any atom is 0.573 e. The number of amides is 1. The number of hydrogen-bond acceptors (Lipinski definition) is 6. The summed E-state index contributed by atoms with van der Waals surface area (Å²) in [5.74, 6) is 0.438. The molecule has 0 aliphatic carbocycles. The van der Waals surface area contributed by atoms with Gasteiger partial charge in [0.2, 0.25) is 5.91 Å². The molecular weight excluding hydrogens is 585 g/mol. The normalized spacial score (nSPS) is 14.5. The molecule has 5 rings (SSSR count). The summed E-state index contributed by atoms with van der Waals surface area (Å²) >= 11 is 6.83. The summed E-state index contributed by atoms with van der Waals surface area (Å²) in [6.45, 7) is 4.46. The fraction of sp³-hybridized carbons (Fsp3) is 0.207. The van der Waals surface area contributed by atoms with Gasteiger partial charge >= 0.3 is 6.36 Å². The maximum atomic E-state index is 12.7. The van der Waals surface area contributed by atoms with Crippen LogP contribution in [0.5, 0.6) is 5.75 Å². The molecule has 0 bridgehead atoms. The fourth-order valence-corrected chi connectivity index (χ4v) is 5.56. The van der Waals surface area contributed by atoms with Gasteiger partial charge in [-0.1, -0.05) is 48.2 Å². The van der Waals surface area contributed by atoms with Crippen molar-refractivity contribution in [1.29, 1.82) is 0 Å². The Morgan fingerprint density at radius 2 is 1.81 bits per heavy atom. The van der Waals surface area contributed by atoms with Gasteiger partial charge in [0.15, 0.2) is 16.1 Å². The second-order valence-electron chi connectivity index (χ2n) is 9.39. The molecule has 4 aromatic rings. The van der Waals surface area contributed by atoms with E-state index in [-0.39, 0.29) is 11.7 Å². The zero-order valence-electron chi connectivity index (χ0n) is 22.6. The van der Waals surface area contributed by atoms with E-state index in [2.05, 4.69) is 25.1 Å². The van der Waals surface area contributed by atoms with E-state index < -0.39 is 6.36 Å². The van der Waals surface area contributed by atoms with Crippen molar-refractivity contribution < 1.29 is 22.7 Å². The second kappa shape index (κ2) is 12.3. The Morgan fingerprint density at radius 3 is 2.52 bits per heavy atom. The Morgan fingerprint density at radius 1 is 1.10 bits per heavy atom. The minimum Gasteiger partial charge on any atom is -0.406 e. The molecule has 42 heavy (non-hydrogen) atoms. The van der Waals surface area contributed by atoms with Crippen molar-refractivity contribution >= 4 is 45.9 Å². The highest BCUT2D eigenvalue weighted by atomic mass is 32.2. The average Bonchev–Trinajstić information content (AvgIpc) is 3.56. The van der Waals surface area contributed by atoms with Crippen molar-refractivity contribution in [3.05, 3.63) is 89.7 Å². The van der Waals surface area contributed by atoms with Crippen LogP contribution in [0.25, 0.3) is 17.1 Å². The number of para-hydroxylation sites is 1. The standard InChI is InChI=1S/C29H25F3N6O2S2/c1-18-5-3-6-19(2)25(18)38-24(39)16-42-28(38)35-27(41)33-14-13-20-7-4-8-21(15-20)26-34-17-37(36-26)22-9-11-23(12-10-22)40-29(30,31)32/h3-12,15,17H,13-14,16H2,1-2H3,(H,33,41)/b35-28-. The van der Waals surface area contributed by atoms with Gasteiger partial charge in [-0.3, -0.25) is 9.69 Å². The molecule has 1 N–H and O–H groups in total. The highest BCUT2D eigenvalue weighted by Crippen LogP contribution is 2.32. The number of aromatic nitrogens is 3. The molecule has 1 aliphatic rings. The molecule has 1 amide bonds. The number of halogens is 3. The van der Waals surface area contributed by atoms with E-state index in [0.29, 0.717) is 40.5 Å². The summed E-state index contributed by atoms with van der Waals surface area (Å²) in [6.07, 6.45) is -2.61. The fourth-order valence-electron chi connectivity index (χ4n) is 4.45. The van der Waals surface area contributed by atoms with Crippen LogP contribution in [0.15, 0.2) is 78.0 Å². The second-order valence-corrected chi connectivity index (χ2v) is 10.7. The van der Waals surface area contributed by atoms with Crippen molar-refractivity contribution in [2.24, 2.45) is 4.99 Å². The van der Waals surface area contributed by atoms with E-state index in [1.807, 2.05) is 56.3 Å². The molecule has 0 atom stereocenters. The van der Waals surface area contributed by atoms with Crippen LogP contribution in [0.2, 0.25) is 0 Å². The molecule has 0 saturated carbocycles. The molecule has 1 fully saturated rings. The first kappa shape index (κ1) is 29.3. The minimum absolute atomic E-state index is 0.0284. The molecule has 0 radical (unpaired) electrons. The number of thioether (sulfide) groups is 1. The number of thiocarbonyl (C=S) groups is 1. The molecule has 0 unspecified atom stereocenters. The van der Waals surface area contributed by atoms with Gasteiger partial charge in [-0.2, -0.15) is 4.99 Å². The lowest BCUT2D eigenvalue weighted by Crippen LogP contribution is -2.32. The van der Waals surface area contributed by atoms with E-state index in [0.717, 1.165) is 27.9 Å². The molecule has 3 aromatic carbocycles. The van der Waals surface area contributed by atoms with Gasteiger partial charge in [0, 0.05) is 12.1 Å². The molecule has 8 nitrogen and oxygen atoms in total. The minimum atomic E-state index is -4.75. The SMILES string of the molecule is Cc1cccc(C)c1N1C(=O)CS/C1=N\C(=S)NCCc1cccc(-c2ncn(-c3ccc(OC(F)(F)F)cc3)n2)c1. The number of anilines is 1. The Bertz CT molecular complexity index is 1630. The van der Waals surface area contributed by atoms with Gasteiger partial charge in [-0.25, -0.2) is 9.67 Å². The largest absolute Gasteiger partial charge is 0.573 e. The summed E-state index contributed by atoms with van der Waals surface area (Å²) in [6, 6.07) is 19.0. The Labute approximate surface area is 249 Å². The van der Waals surface area contributed by atoms with Gasteiger partial charge in [0.1, 0.15) is 12.1 Å². The third-order valence-corrected chi connectivity index (χ3v) is 7.49. The Hall–Kier alpha value is -4.23. The molecule has 1 aromatic heterocycles. The number of carbonyl (C=O) groups excluding carboxylic acids is 1. The first-order valence-corrected chi connectivity index (χ1v) is 14.2. The monoisotopic (exact) mass is 610 g/mol. The number of hydrogen-bond donors (Lipinski definition) is 1. The zero-order valence-corrected chi connectivity index (χ0v) is 24.2. The topological polar surface area (TPSA) is 84.6 Å². The van der Waals surface area contributed by atoms with Crippen molar-refractivity contribution in [3.8, 4) is 22.8 Å². The van der Waals surface area contributed by atoms with Crippen molar-refractivity contribution in [3.63, 3.8) is 0 Å². The number of aryl methyl sites for hydroxylation is 2. The summed E-state index contributed by atoms with van der Waals surface area (Å²) in [7, 11) is 0. The van der Waals surface area contributed by atoms with Gasteiger partial charge in [0.25, 0.3) is 0 Å². The Kier molecular flexibility index (Phi) is 8.59. The van der Waals surface area contributed by atoms with Crippen LogP contribution in [0.1, 0.15) is 16.7 Å². The lowest BCUT2D eigenvalue weighted by Gasteiger charge is -2.21.